The van der Waals surface area contributed by atoms with Crippen molar-refractivity contribution in [3.05, 3.63) is 92.3 Å². The maximum atomic E-state index is 14.0. The molecule has 0 spiro atoms. The van der Waals surface area contributed by atoms with Crippen molar-refractivity contribution in [2.45, 2.75) is 18.5 Å². The van der Waals surface area contributed by atoms with Gasteiger partial charge in [-0.2, -0.15) is 0 Å². The number of aromatic nitrogens is 1. The fourth-order valence-electron chi connectivity index (χ4n) is 5.89. The first-order valence-electron chi connectivity index (χ1n) is 14.3. The molecule has 3 aliphatic rings. The number of anilines is 1. The van der Waals surface area contributed by atoms with Crippen LogP contribution in [0, 0.1) is 5.82 Å². The second-order valence-corrected chi connectivity index (χ2v) is 12.2. The largest absolute Gasteiger partial charge is 0.481 e. The van der Waals surface area contributed by atoms with Crippen LogP contribution in [0.2, 0.25) is 5.02 Å². The van der Waals surface area contributed by atoms with Crippen molar-refractivity contribution in [1.82, 2.24) is 20.1 Å². The molecule has 0 bridgehead atoms. The van der Waals surface area contributed by atoms with Crippen LogP contribution in [0.15, 0.2) is 70.3 Å². The molecule has 0 saturated carbocycles. The van der Waals surface area contributed by atoms with E-state index in [1.165, 1.54) is 48.8 Å². The number of thiazole rings is 1. The molecular weight excluding hydrogens is 639 g/mol. The number of Topliss-reactive ketones (excluding diaryl/α,β-unsaturated/α-hetero) is 1. The number of carbonyl (C=O) groups excluding carboxylic acids is 3. The highest BCUT2D eigenvalue weighted by molar-refractivity contribution is 7.11. The number of nitrogens with zero attached hydrogens (tertiary/aromatic N) is 5. The summed E-state index contributed by atoms with van der Waals surface area (Å²) in [5.74, 6) is -2.40. The number of aliphatic imine (C=N–C) groups is 1. The van der Waals surface area contributed by atoms with E-state index < -0.39 is 36.0 Å². The number of fused-ring (bicyclic) bond motifs is 1. The van der Waals surface area contributed by atoms with E-state index in [1.807, 2.05) is 5.38 Å². The second-order valence-electron chi connectivity index (χ2n) is 10.9. The standard InChI is InChI=1S/C31H28ClFN6O6S/c1-45-30(43)26-23(35-28(29-34-8-11-46-29)36-27(26)21-7-4-18(33)12-22(21)32)16-37-9-10-38-20(14-37)15-39(31(38)44)19-5-2-17(3-6-19)24(40)13-25(41)42/h2-8,11-12,20,27H,9-10,13-16H2,1H3,(H,35,36)(H,41,42)/t20-,27-/m0/s1. The van der Waals surface area contributed by atoms with Gasteiger partial charge in [-0.15, -0.1) is 11.3 Å². The van der Waals surface area contributed by atoms with E-state index in [-0.39, 0.29) is 28.2 Å². The predicted molar refractivity (Wildman–Crippen MR) is 168 cm³/mol. The number of amides is 2. The van der Waals surface area contributed by atoms with Gasteiger partial charge in [-0.3, -0.25) is 24.4 Å². The Hall–Kier alpha value is -4.66. The van der Waals surface area contributed by atoms with Crippen molar-refractivity contribution >= 4 is 58.2 Å². The van der Waals surface area contributed by atoms with E-state index in [0.717, 1.165) is 0 Å². The molecule has 6 rings (SSSR count). The van der Waals surface area contributed by atoms with Gasteiger partial charge in [0.25, 0.3) is 0 Å². The van der Waals surface area contributed by atoms with Crippen molar-refractivity contribution in [2.75, 3.05) is 44.7 Å². The van der Waals surface area contributed by atoms with Gasteiger partial charge in [0.2, 0.25) is 0 Å². The highest BCUT2D eigenvalue weighted by atomic mass is 35.5. The molecule has 2 fully saturated rings. The lowest BCUT2D eigenvalue weighted by molar-refractivity contribution is -0.137. The Kier molecular flexibility index (Phi) is 8.84. The van der Waals surface area contributed by atoms with Gasteiger partial charge in [-0.1, -0.05) is 17.7 Å². The molecule has 46 heavy (non-hydrogen) atoms. The van der Waals surface area contributed by atoms with Gasteiger partial charge < -0.3 is 20.1 Å². The monoisotopic (exact) mass is 666 g/mol. The number of ketones is 1. The van der Waals surface area contributed by atoms with Crippen LogP contribution in [-0.2, 0) is 14.3 Å². The smallest absolute Gasteiger partial charge is 0.338 e. The number of amidine groups is 1. The number of ether oxygens (including phenoxy) is 1. The van der Waals surface area contributed by atoms with Gasteiger partial charge >= 0.3 is 18.0 Å². The quantitative estimate of drug-likeness (QED) is 0.198. The molecule has 12 nitrogen and oxygen atoms in total. The third-order valence-corrected chi connectivity index (χ3v) is 9.16. The lowest BCUT2D eigenvalue weighted by atomic mass is 9.95. The fraction of sp³-hybridized carbons (Fsp3) is 0.290. The summed E-state index contributed by atoms with van der Waals surface area (Å²) in [4.78, 5) is 64.4. The highest BCUT2D eigenvalue weighted by Crippen LogP contribution is 2.37. The number of benzene rings is 2. The summed E-state index contributed by atoms with van der Waals surface area (Å²) < 4.78 is 19.1. The summed E-state index contributed by atoms with van der Waals surface area (Å²) in [6, 6.07) is 9.07. The SMILES string of the molecule is COC(=O)C1=C(CN2CCN3C(=O)N(c4ccc(C(=O)CC(=O)O)cc4)C[C@@H]3C2)NC(c2nccs2)=N[C@H]1c1ccc(F)cc1Cl. The topological polar surface area (TPSA) is 145 Å². The van der Waals surface area contributed by atoms with Crippen LogP contribution < -0.4 is 10.2 Å². The van der Waals surface area contributed by atoms with Gasteiger partial charge in [0, 0.05) is 71.8 Å². The Bertz CT molecular complexity index is 1770. The minimum absolute atomic E-state index is 0.118. The summed E-state index contributed by atoms with van der Waals surface area (Å²) in [7, 11) is 1.28. The third-order valence-electron chi connectivity index (χ3n) is 8.05. The zero-order valence-electron chi connectivity index (χ0n) is 24.5. The first-order chi connectivity index (χ1) is 22.1. The van der Waals surface area contributed by atoms with Gasteiger partial charge in [-0.05, 0) is 36.4 Å². The minimum atomic E-state index is -1.20. The number of nitrogens with one attached hydrogen (secondary N) is 1. The molecule has 0 aliphatic carbocycles. The number of piperazine rings is 1. The molecule has 1 aromatic heterocycles. The van der Waals surface area contributed by atoms with Gasteiger partial charge in [0.05, 0.1) is 18.7 Å². The number of carbonyl (C=O) groups is 4. The van der Waals surface area contributed by atoms with Crippen molar-refractivity contribution < 1.29 is 33.4 Å². The van der Waals surface area contributed by atoms with Gasteiger partial charge in [-0.25, -0.2) is 19.0 Å². The van der Waals surface area contributed by atoms with E-state index in [2.05, 4.69) is 15.2 Å². The number of halogens is 2. The van der Waals surface area contributed by atoms with Crippen LogP contribution in [0.25, 0.3) is 0 Å². The van der Waals surface area contributed by atoms with Gasteiger partial charge in [0.15, 0.2) is 16.6 Å². The summed E-state index contributed by atoms with van der Waals surface area (Å²) in [6.07, 6.45) is 1.04. The van der Waals surface area contributed by atoms with Crippen LogP contribution in [0.5, 0.6) is 0 Å². The molecule has 2 aromatic carbocycles. The average molecular weight is 667 g/mol. The Morgan fingerprint density at radius 2 is 1.93 bits per heavy atom. The second kappa shape index (κ2) is 13.0. The summed E-state index contributed by atoms with van der Waals surface area (Å²) in [6.45, 7) is 2.15. The van der Waals surface area contributed by atoms with E-state index in [9.17, 15) is 23.6 Å². The first-order valence-corrected chi connectivity index (χ1v) is 15.5. The Balaban J connectivity index is 1.24. The number of rotatable bonds is 9. The summed E-state index contributed by atoms with van der Waals surface area (Å²) >= 11 is 7.83. The number of hydrogen-bond acceptors (Lipinski definition) is 10. The van der Waals surface area contributed by atoms with Crippen LogP contribution in [0.4, 0.5) is 14.9 Å². The number of carboxylic acid groups (broad SMARTS) is 1. The molecule has 0 radical (unpaired) electrons. The molecule has 2 N–H and O–H groups in total. The molecule has 238 valence electrons. The normalized spacial score (nSPS) is 19.9. The molecule has 0 unspecified atom stereocenters. The maximum absolute atomic E-state index is 14.0. The van der Waals surface area contributed by atoms with Crippen LogP contribution >= 0.6 is 22.9 Å². The Morgan fingerprint density at radius 1 is 1.15 bits per heavy atom. The third kappa shape index (κ3) is 6.23. The van der Waals surface area contributed by atoms with Crippen LogP contribution in [0.3, 0.4) is 0 Å². The minimum Gasteiger partial charge on any atom is -0.481 e. The molecular formula is C31H28ClFN6O6S. The molecule has 2 saturated heterocycles. The van der Waals surface area contributed by atoms with Crippen molar-refractivity contribution in [3.8, 4) is 0 Å². The van der Waals surface area contributed by atoms with E-state index in [1.54, 1.807) is 28.1 Å². The summed E-state index contributed by atoms with van der Waals surface area (Å²) in [5.41, 5.74) is 2.08. The number of aliphatic carboxylic acids is 1. The van der Waals surface area contributed by atoms with Crippen LogP contribution in [0.1, 0.15) is 33.4 Å². The van der Waals surface area contributed by atoms with E-state index in [4.69, 9.17) is 26.4 Å². The van der Waals surface area contributed by atoms with Crippen molar-refractivity contribution in [2.24, 2.45) is 4.99 Å². The molecule has 15 heteroatoms. The van der Waals surface area contributed by atoms with Crippen molar-refractivity contribution in [3.63, 3.8) is 0 Å². The predicted octanol–water partition coefficient (Wildman–Crippen LogP) is 3.74. The lowest BCUT2D eigenvalue weighted by Gasteiger charge is -2.38. The lowest BCUT2D eigenvalue weighted by Crippen LogP contribution is -2.53. The molecule has 3 aliphatic heterocycles. The van der Waals surface area contributed by atoms with E-state index >= 15 is 0 Å². The Labute approximate surface area is 271 Å². The number of hydrogen-bond donors (Lipinski definition) is 2. The maximum Gasteiger partial charge on any atom is 0.338 e. The van der Waals surface area contributed by atoms with Crippen molar-refractivity contribution in [1.29, 1.82) is 0 Å². The average Bonchev–Trinajstić information content (AvgIpc) is 3.69. The molecule has 4 heterocycles. The van der Waals surface area contributed by atoms with E-state index in [0.29, 0.717) is 60.5 Å². The molecule has 2 amide bonds. The fourth-order valence-corrected chi connectivity index (χ4v) is 6.75. The number of esters is 1. The molecule has 2 atom stereocenters. The highest BCUT2D eigenvalue weighted by Gasteiger charge is 2.42. The zero-order valence-corrected chi connectivity index (χ0v) is 26.1. The number of carboxylic acids is 1. The first kappa shape index (κ1) is 31.3. The number of urea groups is 1. The Morgan fingerprint density at radius 3 is 2.61 bits per heavy atom. The summed E-state index contributed by atoms with van der Waals surface area (Å²) in [5, 5.41) is 14.7. The van der Waals surface area contributed by atoms with Gasteiger partial charge in [0.1, 0.15) is 18.3 Å². The number of methoxy groups -OCH3 is 1. The molecule has 3 aromatic rings. The van der Waals surface area contributed by atoms with Crippen LogP contribution in [-0.4, -0.2) is 95.4 Å². The zero-order chi connectivity index (χ0) is 32.5.